The van der Waals surface area contributed by atoms with Gasteiger partial charge in [-0.25, -0.2) is 13.1 Å². The van der Waals surface area contributed by atoms with E-state index in [1.54, 1.807) is 6.92 Å². The Kier molecular flexibility index (Phi) is 3.02. The number of hydrogen-bond donors (Lipinski definition) is 3. The van der Waals surface area contributed by atoms with Crippen molar-refractivity contribution < 1.29 is 13.5 Å². The molecule has 13 heavy (non-hydrogen) atoms. The molecule has 1 atom stereocenters. The molecule has 74 valence electrons. The molecule has 6 nitrogen and oxygen atoms in total. The van der Waals surface area contributed by atoms with Gasteiger partial charge in [-0.15, -0.1) is 0 Å². The van der Waals surface area contributed by atoms with Crippen molar-refractivity contribution >= 4 is 10.0 Å². The summed E-state index contributed by atoms with van der Waals surface area (Å²) in [5.74, 6) is 0. The molecule has 7 heteroatoms. The van der Waals surface area contributed by atoms with Crippen LogP contribution >= 0.6 is 0 Å². The van der Waals surface area contributed by atoms with E-state index in [1.165, 1.54) is 12.3 Å². The molecule has 0 amide bonds. The maximum Gasteiger partial charge on any atom is 0.257 e. The lowest BCUT2D eigenvalue weighted by molar-refractivity contribution is 0.265. The highest BCUT2D eigenvalue weighted by molar-refractivity contribution is 7.89. The number of rotatable bonds is 4. The molecule has 1 rings (SSSR count). The summed E-state index contributed by atoms with van der Waals surface area (Å²) < 4.78 is 25.0. The van der Waals surface area contributed by atoms with E-state index in [4.69, 9.17) is 5.11 Å². The molecule has 1 aromatic rings. The van der Waals surface area contributed by atoms with E-state index in [0.717, 1.165) is 0 Å². The Morgan fingerprint density at radius 3 is 2.92 bits per heavy atom. The number of aliphatic hydroxyl groups excluding tert-OH is 1. The van der Waals surface area contributed by atoms with Crippen LogP contribution in [0, 0.1) is 0 Å². The van der Waals surface area contributed by atoms with Crippen molar-refractivity contribution in [2.45, 2.75) is 18.0 Å². The topological polar surface area (TPSA) is 95.1 Å². The van der Waals surface area contributed by atoms with Crippen molar-refractivity contribution in [1.82, 2.24) is 14.9 Å². The standard InChI is InChI=1S/C6H11N3O3S/c1-5(4-10)9-13(11,12)6-2-3-7-8-6/h2-3,5,9-10H,4H2,1H3,(H,7,8)/t5-/m0/s1. The van der Waals surface area contributed by atoms with Crippen LogP contribution in [0.15, 0.2) is 17.3 Å². The van der Waals surface area contributed by atoms with Gasteiger partial charge < -0.3 is 5.11 Å². The lowest BCUT2D eigenvalue weighted by Crippen LogP contribution is -2.35. The Bertz CT molecular complexity index is 345. The number of aromatic amines is 1. The van der Waals surface area contributed by atoms with Crippen LogP contribution < -0.4 is 4.72 Å². The van der Waals surface area contributed by atoms with Gasteiger partial charge in [0.05, 0.1) is 12.8 Å². The van der Waals surface area contributed by atoms with Gasteiger partial charge in [0.2, 0.25) is 0 Å². The fourth-order valence-corrected chi connectivity index (χ4v) is 1.90. The number of aliphatic hydroxyl groups is 1. The van der Waals surface area contributed by atoms with Crippen molar-refractivity contribution in [2.75, 3.05) is 6.61 Å². The first-order chi connectivity index (χ1) is 6.06. The van der Waals surface area contributed by atoms with Crippen LogP contribution in [0.1, 0.15) is 6.92 Å². The van der Waals surface area contributed by atoms with E-state index in [0.29, 0.717) is 0 Å². The normalized spacial score (nSPS) is 14.3. The Morgan fingerprint density at radius 2 is 2.46 bits per heavy atom. The third-order valence-corrected chi connectivity index (χ3v) is 2.91. The maximum atomic E-state index is 11.4. The summed E-state index contributed by atoms with van der Waals surface area (Å²) in [6.45, 7) is 1.32. The van der Waals surface area contributed by atoms with E-state index in [9.17, 15) is 8.42 Å². The molecule has 1 aromatic heterocycles. The molecule has 0 unspecified atom stereocenters. The molecule has 0 spiro atoms. The monoisotopic (exact) mass is 205 g/mol. The van der Waals surface area contributed by atoms with Gasteiger partial charge in [0.1, 0.15) is 0 Å². The molecule has 0 aliphatic carbocycles. The predicted octanol–water partition coefficient (Wildman–Crippen LogP) is -0.931. The highest BCUT2D eigenvalue weighted by Crippen LogP contribution is 2.02. The third kappa shape index (κ3) is 2.51. The summed E-state index contributed by atoms with van der Waals surface area (Å²) in [5.41, 5.74) is 0. The SMILES string of the molecule is C[C@@H](CO)NS(=O)(=O)c1ccn[nH]1. The number of hydrogen-bond acceptors (Lipinski definition) is 4. The first kappa shape index (κ1) is 10.2. The molecular formula is C6H11N3O3S. The Hall–Kier alpha value is -0.920. The van der Waals surface area contributed by atoms with Crippen molar-refractivity contribution in [3.63, 3.8) is 0 Å². The van der Waals surface area contributed by atoms with Crippen molar-refractivity contribution in [3.8, 4) is 0 Å². The number of nitrogens with zero attached hydrogens (tertiary/aromatic N) is 1. The molecule has 0 radical (unpaired) electrons. The lowest BCUT2D eigenvalue weighted by atomic mass is 10.4. The second-order valence-electron chi connectivity index (χ2n) is 2.63. The van der Waals surface area contributed by atoms with Crippen molar-refractivity contribution in [2.24, 2.45) is 0 Å². The molecular weight excluding hydrogens is 194 g/mol. The van der Waals surface area contributed by atoms with Gasteiger partial charge in [-0.1, -0.05) is 0 Å². The minimum atomic E-state index is -3.56. The number of sulfonamides is 1. The lowest BCUT2D eigenvalue weighted by Gasteiger charge is -2.09. The van der Waals surface area contributed by atoms with Crippen LogP contribution in [0.2, 0.25) is 0 Å². The van der Waals surface area contributed by atoms with E-state index < -0.39 is 16.1 Å². The summed E-state index contributed by atoms with van der Waals surface area (Å²) >= 11 is 0. The van der Waals surface area contributed by atoms with Crippen LogP contribution in [0.5, 0.6) is 0 Å². The van der Waals surface area contributed by atoms with Crippen molar-refractivity contribution in [1.29, 1.82) is 0 Å². The van der Waals surface area contributed by atoms with Crippen LogP contribution in [0.4, 0.5) is 0 Å². The van der Waals surface area contributed by atoms with E-state index in [-0.39, 0.29) is 11.6 Å². The molecule has 0 aromatic carbocycles. The summed E-state index contributed by atoms with van der Waals surface area (Å²) in [5, 5.41) is 14.5. The third-order valence-electron chi connectivity index (χ3n) is 1.39. The summed E-state index contributed by atoms with van der Waals surface area (Å²) in [6.07, 6.45) is 1.35. The molecule has 1 heterocycles. The van der Waals surface area contributed by atoms with E-state index >= 15 is 0 Å². The summed E-state index contributed by atoms with van der Waals surface area (Å²) in [7, 11) is -3.56. The van der Waals surface area contributed by atoms with Gasteiger partial charge in [-0.2, -0.15) is 5.10 Å². The fourth-order valence-electron chi connectivity index (χ4n) is 0.758. The van der Waals surface area contributed by atoms with Gasteiger partial charge in [0.15, 0.2) is 5.03 Å². The molecule has 0 bridgehead atoms. The molecule has 0 fully saturated rings. The first-order valence-electron chi connectivity index (χ1n) is 3.69. The average Bonchev–Trinajstić information content (AvgIpc) is 2.55. The summed E-state index contributed by atoms with van der Waals surface area (Å²) in [4.78, 5) is 0. The number of aromatic nitrogens is 2. The van der Waals surface area contributed by atoms with Gasteiger partial charge in [0, 0.05) is 6.04 Å². The van der Waals surface area contributed by atoms with Crippen LogP contribution in [0.3, 0.4) is 0 Å². The second-order valence-corrected chi connectivity index (χ2v) is 4.31. The van der Waals surface area contributed by atoms with Gasteiger partial charge in [-0.05, 0) is 13.0 Å². The van der Waals surface area contributed by atoms with Crippen molar-refractivity contribution in [3.05, 3.63) is 12.3 Å². The molecule has 0 saturated heterocycles. The van der Waals surface area contributed by atoms with Gasteiger partial charge in [-0.3, -0.25) is 5.10 Å². The highest BCUT2D eigenvalue weighted by Gasteiger charge is 2.17. The highest BCUT2D eigenvalue weighted by atomic mass is 32.2. The zero-order valence-electron chi connectivity index (χ0n) is 7.06. The molecule has 3 N–H and O–H groups in total. The van der Waals surface area contributed by atoms with Gasteiger partial charge >= 0.3 is 0 Å². The van der Waals surface area contributed by atoms with Gasteiger partial charge in [0.25, 0.3) is 10.0 Å². The number of H-pyrrole nitrogens is 1. The van der Waals surface area contributed by atoms with Crippen LogP contribution in [0.25, 0.3) is 0 Å². The van der Waals surface area contributed by atoms with E-state index in [1.807, 2.05) is 0 Å². The second kappa shape index (κ2) is 3.86. The smallest absolute Gasteiger partial charge is 0.257 e. The minimum Gasteiger partial charge on any atom is -0.395 e. The summed E-state index contributed by atoms with van der Waals surface area (Å²) in [6, 6.07) is 0.834. The maximum absolute atomic E-state index is 11.4. The quantitative estimate of drug-likeness (QED) is 0.591. The van der Waals surface area contributed by atoms with Crippen LogP contribution in [-0.2, 0) is 10.0 Å². The van der Waals surface area contributed by atoms with E-state index in [2.05, 4.69) is 14.9 Å². The fraction of sp³-hybridized carbons (Fsp3) is 0.500. The largest absolute Gasteiger partial charge is 0.395 e. The molecule has 0 aliphatic heterocycles. The minimum absolute atomic E-state index is 0.00667. The Morgan fingerprint density at radius 1 is 1.77 bits per heavy atom. The zero-order chi connectivity index (χ0) is 9.90. The first-order valence-corrected chi connectivity index (χ1v) is 5.17. The molecule has 0 saturated carbocycles. The van der Waals surface area contributed by atoms with Crippen LogP contribution in [-0.4, -0.2) is 36.4 Å². The Labute approximate surface area is 76.0 Å². The number of nitrogens with one attached hydrogen (secondary N) is 2. The molecule has 0 aliphatic rings. The zero-order valence-corrected chi connectivity index (χ0v) is 7.87. The predicted molar refractivity (Wildman–Crippen MR) is 45.5 cm³/mol. The average molecular weight is 205 g/mol. The Balaban J connectivity index is 2.79.